The minimum absolute atomic E-state index is 0.00449. The highest BCUT2D eigenvalue weighted by Crippen LogP contribution is 2.39. The van der Waals surface area contributed by atoms with E-state index in [-0.39, 0.29) is 34.4 Å². The first-order valence-electron chi connectivity index (χ1n) is 13.7. The van der Waals surface area contributed by atoms with Crippen LogP contribution in [0.5, 0.6) is 11.5 Å². The van der Waals surface area contributed by atoms with E-state index in [0.717, 1.165) is 18.4 Å². The summed E-state index contributed by atoms with van der Waals surface area (Å²) in [4.78, 5) is 25.6. The summed E-state index contributed by atoms with van der Waals surface area (Å²) in [5, 5.41) is 15.5. The minimum Gasteiger partial charge on any atom is -0.506 e. The molecule has 0 spiro atoms. The predicted octanol–water partition coefficient (Wildman–Crippen LogP) is 7.64. The van der Waals surface area contributed by atoms with Gasteiger partial charge < -0.3 is 20.5 Å². The van der Waals surface area contributed by atoms with Crippen LogP contribution < -0.4 is 15.4 Å². The Labute approximate surface area is 227 Å². The Morgan fingerprint density at radius 2 is 1.61 bits per heavy atom. The van der Waals surface area contributed by atoms with Gasteiger partial charge >= 0.3 is 0 Å². The van der Waals surface area contributed by atoms with Gasteiger partial charge in [-0.05, 0) is 60.3 Å². The molecule has 0 aliphatic heterocycles. The van der Waals surface area contributed by atoms with Crippen molar-refractivity contribution in [2.75, 3.05) is 10.6 Å². The largest absolute Gasteiger partial charge is 0.506 e. The van der Waals surface area contributed by atoms with Crippen molar-refractivity contribution in [3.63, 3.8) is 0 Å². The fourth-order valence-corrected chi connectivity index (χ4v) is 4.03. The number of carbonyl (C=O) groups is 2. The van der Waals surface area contributed by atoms with Gasteiger partial charge in [0.1, 0.15) is 17.2 Å². The maximum Gasteiger partial charge on any atom is 0.265 e. The molecule has 0 saturated carbocycles. The number of carbonyl (C=O) groups excluding carboxylic acids is 2. The third kappa shape index (κ3) is 7.49. The lowest BCUT2D eigenvalue weighted by molar-refractivity contribution is -0.123. The number of phenolic OH excluding ortho intramolecular Hbond substituents is 1. The summed E-state index contributed by atoms with van der Waals surface area (Å²) in [5.74, 6) is -0.917. The zero-order chi connectivity index (χ0) is 28.7. The van der Waals surface area contributed by atoms with E-state index in [1.807, 2.05) is 13.0 Å². The number of benzene rings is 2. The summed E-state index contributed by atoms with van der Waals surface area (Å²) in [5.41, 5.74) is 2.22. The minimum atomic E-state index is -1.71. The second-order valence-electron chi connectivity index (χ2n) is 11.1. The molecule has 2 unspecified atom stereocenters. The first kappa shape index (κ1) is 31.1. The predicted molar refractivity (Wildman–Crippen MR) is 153 cm³/mol. The first-order chi connectivity index (χ1) is 17.8. The SMILES string of the molecule is CCCC(F)C(=O)Nc1c(O)cccc1NC(=O)C(CC)Oc1ccc(C(C)(C)CC)cc1C(C)(C)CC. The van der Waals surface area contributed by atoms with Crippen molar-refractivity contribution in [3.8, 4) is 11.5 Å². The molecule has 0 radical (unpaired) electrons. The zero-order valence-electron chi connectivity index (χ0n) is 24.2. The van der Waals surface area contributed by atoms with Gasteiger partial charge in [0.15, 0.2) is 12.3 Å². The van der Waals surface area contributed by atoms with Crippen LogP contribution in [-0.4, -0.2) is 29.2 Å². The number of hydrogen-bond acceptors (Lipinski definition) is 4. The maximum absolute atomic E-state index is 14.1. The molecule has 0 aliphatic rings. The van der Waals surface area contributed by atoms with Crippen LogP contribution in [0.2, 0.25) is 0 Å². The maximum atomic E-state index is 14.1. The fourth-order valence-electron chi connectivity index (χ4n) is 4.03. The van der Waals surface area contributed by atoms with E-state index in [0.29, 0.717) is 18.6 Å². The van der Waals surface area contributed by atoms with Crippen LogP contribution in [0.25, 0.3) is 0 Å². The van der Waals surface area contributed by atoms with E-state index in [4.69, 9.17) is 4.74 Å². The number of rotatable bonds is 13. The summed E-state index contributed by atoms with van der Waals surface area (Å²) in [6.45, 7) is 16.7. The molecule has 0 bridgehead atoms. The van der Waals surface area contributed by atoms with Crippen molar-refractivity contribution in [2.24, 2.45) is 0 Å². The topological polar surface area (TPSA) is 87.7 Å². The second kappa shape index (κ2) is 13.1. The van der Waals surface area contributed by atoms with Gasteiger partial charge in [0, 0.05) is 5.56 Å². The van der Waals surface area contributed by atoms with Gasteiger partial charge in [-0.1, -0.05) is 80.0 Å². The third-order valence-corrected chi connectivity index (χ3v) is 7.57. The molecule has 6 nitrogen and oxygen atoms in total. The smallest absolute Gasteiger partial charge is 0.265 e. The third-order valence-electron chi connectivity index (χ3n) is 7.57. The van der Waals surface area contributed by atoms with Gasteiger partial charge in [0.2, 0.25) is 0 Å². The number of halogens is 1. The van der Waals surface area contributed by atoms with Crippen molar-refractivity contribution in [1.29, 1.82) is 0 Å². The number of alkyl halides is 1. The molecule has 2 rings (SSSR count). The Morgan fingerprint density at radius 3 is 2.18 bits per heavy atom. The molecule has 3 N–H and O–H groups in total. The van der Waals surface area contributed by atoms with Crippen LogP contribution in [-0.2, 0) is 20.4 Å². The fraction of sp³-hybridized carbons (Fsp3) is 0.548. The van der Waals surface area contributed by atoms with E-state index in [1.165, 1.54) is 17.7 Å². The first-order valence-corrected chi connectivity index (χ1v) is 13.7. The Balaban J connectivity index is 2.36. The molecule has 0 aromatic heterocycles. The average molecular weight is 529 g/mol. The molecule has 0 saturated heterocycles. The van der Waals surface area contributed by atoms with Crippen molar-refractivity contribution >= 4 is 23.2 Å². The highest BCUT2D eigenvalue weighted by atomic mass is 19.1. The normalized spacial score (nSPS) is 13.5. The summed E-state index contributed by atoms with van der Waals surface area (Å²) in [6.07, 6.45) is 0.303. The number of nitrogens with one attached hydrogen (secondary N) is 2. The number of para-hydroxylation sites is 1. The highest BCUT2D eigenvalue weighted by molar-refractivity contribution is 6.03. The number of amides is 2. The molecule has 2 amide bonds. The van der Waals surface area contributed by atoms with Crippen molar-refractivity contribution in [3.05, 3.63) is 47.5 Å². The second-order valence-corrected chi connectivity index (χ2v) is 11.1. The molecule has 7 heteroatoms. The van der Waals surface area contributed by atoms with Crippen molar-refractivity contribution in [1.82, 2.24) is 0 Å². The number of hydrogen-bond donors (Lipinski definition) is 3. The van der Waals surface area contributed by atoms with Gasteiger partial charge in [-0.3, -0.25) is 9.59 Å². The molecule has 38 heavy (non-hydrogen) atoms. The van der Waals surface area contributed by atoms with Gasteiger partial charge in [-0.2, -0.15) is 0 Å². The molecule has 2 aromatic rings. The lowest BCUT2D eigenvalue weighted by Crippen LogP contribution is -2.34. The van der Waals surface area contributed by atoms with Crippen LogP contribution in [0, 0.1) is 0 Å². The van der Waals surface area contributed by atoms with E-state index in [2.05, 4.69) is 64.3 Å². The van der Waals surface area contributed by atoms with Gasteiger partial charge in [-0.15, -0.1) is 0 Å². The van der Waals surface area contributed by atoms with Crippen LogP contribution in [0.15, 0.2) is 36.4 Å². The van der Waals surface area contributed by atoms with Gasteiger partial charge in [-0.25, -0.2) is 4.39 Å². The number of anilines is 2. The molecule has 0 heterocycles. The van der Waals surface area contributed by atoms with Crippen molar-refractivity contribution in [2.45, 2.75) is 111 Å². The summed E-state index contributed by atoms with van der Waals surface area (Å²) in [7, 11) is 0. The van der Waals surface area contributed by atoms with Crippen LogP contribution >= 0.6 is 0 Å². The monoisotopic (exact) mass is 528 g/mol. The molecule has 0 aliphatic carbocycles. The number of aromatic hydroxyl groups is 1. The Bertz CT molecular complexity index is 1110. The van der Waals surface area contributed by atoms with E-state index in [9.17, 15) is 19.1 Å². The van der Waals surface area contributed by atoms with Crippen LogP contribution in [0.1, 0.15) is 98.6 Å². The van der Waals surface area contributed by atoms with Gasteiger partial charge in [0.25, 0.3) is 11.8 Å². The van der Waals surface area contributed by atoms with E-state index < -0.39 is 24.1 Å². The molecular formula is C31H45FN2O4. The molecular weight excluding hydrogens is 483 g/mol. The van der Waals surface area contributed by atoms with Crippen LogP contribution in [0.4, 0.5) is 15.8 Å². The summed E-state index contributed by atoms with van der Waals surface area (Å²) < 4.78 is 20.4. The lowest BCUT2D eigenvalue weighted by Gasteiger charge is -2.31. The molecule has 210 valence electrons. The quantitative estimate of drug-likeness (QED) is 0.233. The van der Waals surface area contributed by atoms with E-state index >= 15 is 0 Å². The Morgan fingerprint density at radius 1 is 0.947 bits per heavy atom. The van der Waals surface area contributed by atoms with E-state index in [1.54, 1.807) is 13.0 Å². The zero-order valence-corrected chi connectivity index (χ0v) is 24.2. The number of ether oxygens (including phenoxy) is 1. The molecule has 0 fully saturated rings. The number of phenols is 1. The summed E-state index contributed by atoms with van der Waals surface area (Å²) in [6, 6.07) is 10.7. The van der Waals surface area contributed by atoms with Gasteiger partial charge in [0.05, 0.1) is 5.69 Å². The standard InChI is InChI=1S/C31H45FN2O4/c1-9-14-22(32)28(36)34-27-23(15-13-16-24(27)35)33-29(37)25(10-2)38-26-18-17-20(30(5,6)11-3)19-21(26)31(7,8)12-4/h13,15-19,22,25,35H,9-12,14H2,1-8H3,(H,33,37)(H,34,36). The average Bonchev–Trinajstić information content (AvgIpc) is 2.88. The highest BCUT2D eigenvalue weighted by Gasteiger charge is 2.29. The molecule has 2 aromatic carbocycles. The lowest BCUT2D eigenvalue weighted by atomic mass is 9.76. The summed E-state index contributed by atoms with van der Waals surface area (Å²) >= 11 is 0. The van der Waals surface area contributed by atoms with Crippen LogP contribution in [0.3, 0.4) is 0 Å². The van der Waals surface area contributed by atoms with Crippen molar-refractivity contribution < 1.29 is 23.8 Å². The Hall–Kier alpha value is -3.09. The molecule has 2 atom stereocenters. The Kier molecular flexibility index (Phi) is 10.7.